The number of phenolic OH excluding ortho intramolecular Hbond substituents is 1. The van der Waals surface area contributed by atoms with Gasteiger partial charge in [0.25, 0.3) is 0 Å². The molecule has 0 aliphatic heterocycles. The molecule has 0 spiro atoms. The fourth-order valence-corrected chi connectivity index (χ4v) is 0.729. The fourth-order valence-electron chi connectivity index (χ4n) is 0.729. The molecule has 1 rings (SSSR count). The van der Waals surface area contributed by atoms with E-state index < -0.39 is 0 Å². The zero-order chi connectivity index (χ0) is 8.27. The minimum atomic E-state index is 0.0584. The molecule has 0 aliphatic rings. The van der Waals surface area contributed by atoms with Crippen molar-refractivity contribution in [2.75, 3.05) is 14.2 Å². The first-order chi connectivity index (χ1) is 5.27. The second-order valence-electron chi connectivity index (χ2n) is 1.96. The van der Waals surface area contributed by atoms with Crippen molar-refractivity contribution in [3.63, 3.8) is 0 Å². The van der Waals surface area contributed by atoms with E-state index in [9.17, 15) is 5.11 Å². The first-order valence-electron chi connectivity index (χ1n) is 3.10. The highest BCUT2D eigenvalue weighted by atomic mass is 16.5. The van der Waals surface area contributed by atoms with Gasteiger partial charge in [0.2, 0.25) is 0 Å². The molecule has 1 radical (unpaired) electrons. The molecule has 3 heteroatoms. The minimum Gasteiger partial charge on any atom is -0.504 e. The molecule has 0 unspecified atom stereocenters. The van der Waals surface area contributed by atoms with Crippen LogP contribution in [0.1, 0.15) is 0 Å². The van der Waals surface area contributed by atoms with E-state index in [1.54, 1.807) is 0 Å². The summed E-state index contributed by atoms with van der Waals surface area (Å²) in [5.74, 6) is 0.942. The Balaban J connectivity index is 2.99. The van der Waals surface area contributed by atoms with Crippen molar-refractivity contribution < 1.29 is 14.6 Å². The van der Waals surface area contributed by atoms with Gasteiger partial charge in [-0.15, -0.1) is 0 Å². The van der Waals surface area contributed by atoms with E-state index in [-0.39, 0.29) is 5.75 Å². The molecule has 0 saturated heterocycles. The Bertz CT molecular complexity index is 245. The van der Waals surface area contributed by atoms with Crippen molar-refractivity contribution in [1.82, 2.24) is 0 Å². The first kappa shape index (κ1) is 7.72. The quantitative estimate of drug-likeness (QED) is 0.694. The molecule has 0 saturated carbocycles. The number of methoxy groups -OCH3 is 2. The largest absolute Gasteiger partial charge is 0.504 e. The third-order valence-electron chi connectivity index (χ3n) is 1.31. The van der Waals surface area contributed by atoms with Crippen LogP contribution in [-0.2, 0) is 0 Å². The van der Waals surface area contributed by atoms with Crippen molar-refractivity contribution in [1.29, 1.82) is 0 Å². The predicted molar refractivity (Wildman–Crippen MR) is 40.0 cm³/mol. The highest BCUT2D eigenvalue weighted by Gasteiger charge is 2.01. The van der Waals surface area contributed by atoms with Gasteiger partial charge < -0.3 is 14.6 Å². The average Bonchev–Trinajstić information content (AvgIpc) is 2.04. The molecule has 0 amide bonds. The third-order valence-corrected chi connectivity index (χ3v) is 1.31. The van der Waals surface area contributed by atoms with Crippen LogP contribution in [0.5, 0.6) is 17.2 Å². The van der Waals surface area contributed by atoms with Crippen LogP contribution < -0.4 is 9.47 Å². The van der Waals surface area contributed by atoms with Gasteiger partial charge in [0, 0.05) is 12.1 Å². The van der Waals surface area contributed by atoms with Crippen LogP contribution in [0.2, 0.25) is 0 Å². The van der Waals surface area contributed by atoms with Gasteiger partial charge in [-0.05, 0) is 6.07 Å². The second-order valence-corrected chi connectivity index (χ2v) is 1.96. The third kappa shape index (κ3) is 1.55. The molecule has 0 aromatic heterocycles. The standard InChI is InChI=1S/C8H9O3/c1-10-6-3-4-8(11-2)7(9)5-6/h4-5,9H,1-2H3. The van der Waals surface area contributed by atoms with Crippen molar-refractivity contribution in [2.24, 2.45) is 0 Å². The predicted octanol–water partition coefficient (Wildman–Crippen LogP) is 1.21. The highest BCUT2D eigenvalue weighted by Crippen LogP contribution is 2.28. The fraction of sp³-hybridized carbons (Fsp3) is 0.250. The van der Waals surface area contributed by atoms with Crippen LogP contribution in [0, 0.1) is 6.07 Å². The van der Waals surface area contributed by atoms with Crippen LogP contribution in [0.3, 0.4) is 0 Å². The van der Waals surface area contributed by atoms with Gasteiger partial charge >= 0.3 is 0 Å². The van der Waals surface area contributed by atoms with Gasteiger partial charge in [0.15, 0.2) is 11.5 Å². The van der Waals surface area contributed by atoms with Gasteiger partial charge in [-0.1, -0.05) is 0 Å². The topological polar surface area (TPSA) is 38.7 Å². The number of benzene rings is 1. The van der Waals surface area contributed by atoms with Crippen molar-refractivity contribution >= 4 is 0 Å². The molecule has 59 valence electrons. The van der Waals surface area contributed by atoms with Crippen LogP contribution in [-0.4, -0.2) is 19.3 Å². The summed E-state index contributed by atoms with van der Waals surface area (Å²) in [6.45, 7) is 0. The van der Waals surface area contributed by atoms with Crippen LogP contribution in [0.15, 0.2) is 12.1 Å². The first-order valence-corrected chi connectivity index (χ1v) is 3.10. The maximum absolute atomic E-state index is 9.20. The van der Waals surface area contributed by atoms with E-state index >= 15 is 0 Å². The number of ether oxygens (including phenoxy) is 2. The summed E-state index contributed by atoms with van der Waals surface area (Å²) in [7, 11) is 2.99. The number of hydrogen-bond acceptors (Lipinski definition) is 3. The van der Waals surface area contributed by atoms with Gasteiger partial charge in [-0.25, -0.2) is 0 Å². The molecule has 1 aromatic rings. The monoisotopic (exact) mass is 153 g/mol. The van der Waals surface area contributed by atoms with E-state index in [1.807, 2.05) is 0 Å². The SMILES string of the molecule is COc1[c]cc(OC)c(O)c1. The van der Waals surface area contributed by atoms with E-state index in [0.717, 1.165) is 0 Å². The molecule has 0 aliphatic carbocycles. The summed E-state index contributed by atoms with van der Waals surface area (Å²) in [4.78, 5) is 0. The average molecular weight is 153 g/mol. The van der Waals surface area contributed by atoms with Crippen LogP contribution >= 0.6 is 0 Å². The van der Waals surface area contributed by atoms with E-state index in [4.69, 9.17) is 9.47 Å². The molecule has 3 nitrogen and oxygen atoms in total. The molecular weight excluding hydrogens is 144 g/mol. The zero-order valence-corrected chi connectivity index (χ0v) is 6.42. The summed E-state index contributed by atoms with van der Waals surface area (Å²) < 4.78 is 9.63. The van der Waals surface area contributed by atoms with Crippen molar-refractivity contribution in [3.8, 4) is 17.2 Å². The van der Waals surface area contributed by atoms with Crippen LogP contribution in [0.25, 0.3) is 0 Å². The lowest BCUT2D eigenvalue weighted by Gasteiger charge is -2.03. The van der Waals surface area contributed by atoms with E-state index in [0.29, 0.717) is 11.5 Å². The summed E-state index contributed by atoms with van der Waals surface area (Å²) >= 11 is 0. The number of rotatable bonds is 2. The maximum Gasteiger partial charge on any atom is 0.161 e. The summed E-state index contributed by atoms with van der Waals surface area (Å²) in [6, 6.07) is 5.74. The molecule has 0 fully saturated rings. The molecule has 0 bridgehead atoms. The lowest BCUT2D eigenvalue weighted by atomic mass is 10.3. The van der Waals surface area contributed by atoms with Gasteiger partial charge in [0.1, 0.15) is 5.75 Å². The van der Waals surface area contributed by atoms with Crippen molar-refractivity contribution in [3.05, 3.63) is 18.2 Å². The summed E-state index contributed by atoms with van der Waals surface area (Å²) in [5.41, 5.74) is 0. The minimum absolute atomic E-state index is 0.0584. The Morgan fingerprint density at radius 2 is 2.09 bits per heavy atom. The Morgan fingerprint density at radius 1 is 1.36 bits per heavy atom. The number of aromatic hydroxyl groups is 1. The van der Waals surface area contributed by atoms with Gasteiger partial charge in [-0.3, -0.25) is 0 Å². The molecule has 0 heterocycles. The number of phenols is 1. The molecule has 11 heavy (non-hydrogen) atoms. The maximum atomic E-state index is 9.20. The van der Waals surface area contributed by atoms with Crippen molar-refractivity contribution in [2.45, 2.75) is 0 Å². The summed E-state index contributed by atoms with van der Waals surface area (Å²) in [5, 5.41) is 9.20. The summed E-state index contributed by atoms with van der Waals surface area (Å²) in [6.07, 6.45) is 0. The zero-order valence-electron chi connectivity index (χ0n) is 6.42. The molecule has 1 aromatic carbocycles. The van der Waals surface area contributed by atoms with Gasteiger partial charge in [-0.2, -0.15) is 0 Å². The normalized spacial score (nSPS) is 9.27. The molecular formula is C8H9O3. The highest BCUT2D eigenvalue weighted by molar-refractivity contribution is 5.43. The Labute approximate surface area is 65.2 Å². The number of hydrogen-bond donors (Lipinski definition) is 1. The Kier molecular flexibility index (Phi) is 2.21. The van der Waals surface area contributed by atoms with Gasteiger partial charge in [0.05, 0.1) is 14.2 Å². The smallest absolute Gasteiger partial charge is 0.161 e. The van der Waals surface area contributed by atoms with E-state index in [1.165, 1.54) is 26.4 Å². The Morgan fingerprint density at radius 3 is 2.55 bits per heavy atom. The lowest BCUT2D eigenvalue weighted by molar-refractivity contribution is 0.365. The second kappa shape index (κ2) is 3.14. The van der Waals surface area contributed by atoms with Crippen LogP contribution in [0.4, 0.5) is 0 Å². The lowest BCUT2D eigenvalue weighted by Crippen LogP contribution is -1.86. The Hall–Kier alpha value is -1.38. The molecule has 0 atom stereocenters. The van der Waals surface area contributed by atoms with E-state index in [2.05, 4.69) is 6.07 Å². The molecule has 1 N–H and O–H groups in total.